The Hall–Kier alpha value is -4.07. The van der Waals surface area contributed by atoms with E-state index in [1.54, 1.807) is 54.1 Å². The molecule has 0 atom stereocenters. The summed E-state index contributed by atoms with van der Waals surface area (Å²) in [7, 11) is 4.76. The lowest BCUT2D eigenvalue weighted by Crippen LogP contribution is -2.34. The van der Waals surface area contributed by atoms with Gasteiger partial charge in [-0.1, -0.05) is 29.8 Å². The number of carbonyl (C=O) groups is 3. The van der Waals surface area contributed by atoms with Gasteiger partial charge in [-0.2, -0.15) is 0 Å². The van der Waals surface area contributed by atoms with E-state index in [-0.39, 0.29) is 24.7 Å². The van der Waals surface area contributed by atoms with Crippen molar-refractivity contribution in [2.24, 2.45) is 7.05 Å². The van der Waals surface area contributed by atoms with E-state index in [1.165, 1.54) is 14.2 Å². The van der Waals surface area contributed by atoms with E-state index in [9.17, 15) is 14.4 Å². The lowest BCUT2D eigenvalue weighted by molar-refractivity contribution is -0.123. The van der Waals surface area contributed by atoms with Crippen LogP contribution < -0.4 is 20.1 Å². The molecule has 8 nitrogen and oxygen atoms in total. The molecule has 0 spiro atoms. The largest absolute Gasteiger partial charge is 0.497 e. The third kappa shape index (κ3) is 5.79. The summed E-state index contributed by atoms with van der Waals surface area (Å²) in [6.45, 7) is 1.75. The van der Waals surface area contributed by atoms with Crippen LogP contribution in [0.3, 0.4) is 0 Å². The highest BCUT2D eigenvalue weighted by molar-refractivity contribution is 6.08. The smallest absolute Gasteiger partial charge is 0.243 e. The molecule has 2 amide bonds. The first-order chi connectivity index (χ1) is 15.8. The maximum atomic E-state index is 12.8. The zero-order valence-corrected chi connectivity index (χ0v) is 19.1. The lowest BCUT2D eigenvalue weighted by Gasteiger charge is -2.12. The highest BCUT2D eigenvalue weighted by Crippen LogP contribution is 2.28. The van der Waals surface area contributed by atoms with Crippen molar-refractivity contribution in [2.45, 2.75) is 13.3 Å². The van der Waals surface area contributed by atoms with Crippen LogP contribution in [0.15, 0.2) is 54.6 Å². The van der Waals surface area contributed by atoms with E-state index in [4.69, 9.17) is 9.47 Å². The van der Waals surface area contributed by atoms with Crippen molar-refractivity contribution < 1.29 is 23.9 Å². The summed E-state index contributed by atoms with van der Waals surface area (Å²) in [5, 5.41) is 5.30. The van der Waals surface area contributed by atoms with Crippen LogP contribution in [-0.2, 0) is 23.1 Å². The first-order valence-corrected chi connectivity index (χ1v) is 10.4. The van der Waals surface area contributed by atoms with Gasteiger partial charge in [0.25, 0.3) is 0 Å². The average Bonchev–Trinajstić information content (AvgIpc) is 3.17. The quantitative estimate of drug-likeness (QED) is 0.490. The highest BCUT2D eigenvalue weighted by atomic mass is 16.5. The number of nitrogens with one attached hydrogen (secondary N) is 2. The van der Waals surface area contributed by atoms with Gasteiger partial charge < -0.3 is 24.7 Å². The van der Waals surface area contributed by atoms with Gasteiger partial charge in [-0.3, -0.25) is 14.4 Å². The average molecular weight is 450 g/mol. The molecule has 0 aliphatic rings. The molecule has 33 heavy (non-hydrogen) atoms. The second-order valence-electron chi connectivity index (χ2n) is 7.53. The van der Waals surface area contributed by atoms with Crippen LogP contribution in [0.5, 0.6) is 11.5 Å². The molecule has 2 aromatic carbocycles. The van der Waals surface area contributed by atoms with Gasteiger partial charge >= 0.3 is 0 Å². The lowest BCUT2D eigenvalue weighted by atomic mass is 10.1. The molecule has 0 bridgehead atoms. The number of amides is 2. The van der Waals surface area contributed by atoms with Crippen LogP contribution in [-0.4, -0.2) is 42.9 Å². The van der Waals surface area contributed by atoms with Crippen LogP contribution in [0.4, 0.5) is 5.69 Å². The zero-order chi connectivity index (χ0) is 24.0. The van der Waals surface area contributed by atoms with E-state index in [0.29, 0.717) is 34.1 Å². The molecule has 1 heterocycles. The Morgan fingerprint density at radius 3 is 2.30 bits per heavy atom. The van der Waals surface area contributed by atoms with E-state index in [1.807, 2.05) is 19.1 Å². The zero-order valence-electron chi connectivity index (χ0n) is 19.1. The molecule has 172 valence electrons. The van der Waals surface area contributed by atoms with Gasteiger partial charge in [0.1, 0.15) is 11.5 Å². The number of nitrogens with zero attached hydrogens (tertiary/aromatic N) is 1. The monoisotopic (exact) mass is 449 g/mol. The Balaban J connectivity index is 1.58. The molecule has 0 radical (unpaired) electrons. The van der Waals surface area contributed by atoms with Crippen LogP contribution in [0, 0.1) is 6.92 Å². The number of carbonyl (C=O) groups excluding carboxylic acids is 3. The van der Waals surface area contributed by atoms with Crippen molar-refractivity contribution in [3.05, 3.63) is 77.1 Å². The summed E-state index contributed by atoms with van der Waals surface area (Å²) >= 11 is 0. The molecule has 3 aromatic rings. The first kappa shape index (κ1) is 23.6. The Morgan fingerprint density at radius 1 is 0.909 bits per heavy atom. The number of aromatic nitrogens is 1. The number of hydrogen-bond donors (Lipinski definition) is 2. The molecule has 2 N–H and O–H groups in total. The van der Waals surface area contributed by atoms with Crippen LogP contribution >= 0.6 is 0 Å². The number of rotatable bonds is 9. The van der Waals surface area contributed by atoms with Crippen molar-refractivity contribution in [1.82, 2.24) is 9.88 Å². The van der Waals surface area contributed by atoms with Gasteiger partial charge in [-0.25, -0.2) is 0 Å². The van der Waals surface area contributed by atoms with Crippen molar-refractivity contribution in [1.29, 1.82) is 0 Å². The van der Waals surface area contributed by atoms with Crippen LogP contribution in [0.1, 0.15) is 27.3 Å². The Kier molecular flexibility index (Phi) is 7.50. The fourth-order valence-corrected chi connectivity index (χ4v) is 3.32. The number of ether oxygens (including phenoxy) is 2. The molecule has 1 aromatic heterocycles. The predicted octanol–water partition coefficient (Wildman–Crippen LogP) is 2.88. The number of ketones is 1. The normalized spacial score (nSPS) is 10.4. The third-order valence-corrected chi connectivity index (χ3v) is 5.24. The molecule has 0 aliphatic carbocycles. The topological polar surface area (TPSA) is 98.7 Å². The van der Waals surface area contributed by atoms with E-state index < -0.39 is 5.91 Å². The Bertz CT molecular complexity index is 1170. The van der Waals surface area contributed by atoms with Crippen molar-refractivity contribution in [3.8, 4) is 11.5 Å². The van der Waals surface area contributed by atoms with Gasteiger partial charge in [0.15, 0.2) is 0 Å². The molecule has 0 aliphatic heterocycles. The summed E-state index contributed by atoms with van der Waals surface area (Å²) in [4.78, 5) is 37.5. The Morgan fingerprint density at radius 2 is 1.64 bits per heavy atom. The van der Waals surface area contributed by atoms with Gasteiger partial charge in [0.2, 0.25) is 17.6 Å². The minimum Gasteiger partial charge on any atom is -0.497 e. The standard InChI is InChI=1S/C25H27N3O5/c1-16-5-7-17(8-6-16)25(31)21-11-9-18(28(21)2)13-23(29)26-15-24(30)27-20-14-19(32-3)10-12-22(20)33-4/h5-12,14H,13,15H2,1-4H3,(H,26,29)(H,27,30). The minimum atomic E-state index is -0.406. The third-order valence-electron chi connectivity index (χ3n) is 5.24. The van der Waals surface area contributed by atoms with Crippen LogP contribution in [0.25, 0.3) is 0 Å². The SMILES string of the molecule is COc1ccc(OC)c(NC(=O)CNC(=O)Cc2ccc(C(=O)c3ccc(C)cc3)n2C)c1. The second-order valence-corrected chi connectivity index (χ2v) is 7.53. The summed E-state index contributed by atoms with van der Waals surface area (Å²) in [6, 6.07) is 15.8. The van der Waals surface area contributed by atoms with E-state index >= 15 is 0 Å². The fourth-order valence-electron chi connectivity index (χ4n) is 3.32. The maximum absolute atomic E-state index is 12.8. The van der Waals surface area contributed by atoms with Crippen molar-refractivity contribution in [2.75, 3.05) is 26.1 Å². The van der Waals surface area contributed by atoms with Crippen LogP contribution in [0.2, 0.25) is 0 Å². The predicted molar refractivity (Wildman–Crippen MR) is 125 cm³/mol. The Labute approximate surface area is 192 Å². The molecule has 8 heteroatoms. The highest BCUT2D eigenvalue weighted by Gasteiger charge is 2.17. The number of benzene rings is 2. The minimum absolute atomic E-state index is 0.0352. The number of anilines is 1. The first-order valence-electron chi connectivity index (χ1n) is 10.4. The molecule has 3 rings (SSSR count). The molecule has 0 fully saturated rings. The number of aryl methyl sites for hydroxylation is 1. The number of hydrogen-bond acceptors (Lipinski definition) is 5. The maximum Gasteiger partial charge on any atom is 0.243 e. The molecular formula is C25H27N3O5. The number of methoxy groups -OCH3 is 2. The van der Waals surface area contributed by atoms with Gasteiger partial charge in [-0.15, -0.1) is 0 Å². The molecule has 0 unspecified atom stereocenters. The summed E-state index contributed by atoms with van der Waals surface area (Å²) in [5.41, 5.74) is 3.26. The van der Waals surface area contributed by atoms with Crippen molar-refractivity contribution in [3.63, 3.8) is 0 Å². The molecule has 0 saturated heterocycles. The summed E-state index contributed by atoms with van der Waals surface area (Å²) < 4.78 is 12.1. The second kappa shape index (κ2) is 10.5. The fraction of sp³-hybridized carbons (Fsp3) is 0.240. The van der Waals surface area contributed by atoms with Gasteiger partial charge in [-0.05, 0) is 31.2 Å². The van der Waals surface area contributed by atoms with Gasteiger partial charge in [0.05, 0.1) is 38.6 Å². The molecule has 0 saturated carbocycles. The van der Waals surface area contributed by atoms with Gasteiger partial charge in [0, 0.05) is 24.4 Å². The summed E-state index contributed by atoms with van der Waals surface area (Å²) in [6.07, 6.45) is 0.0352. The summed E-state index contributed by atoms with van der Waals surface area (Å²) in [5.74, 6) is 0.186. The molecular weight excluding hydrogens is 422 g/mol. The van der Waals surface area contributed by atoms with E-state index in [0.717, 1.165) is 5.56 Å². The van der Waals surface area contributed by atoms with E-state index in [2.05, 4.69) is 10.6 Å². The van der Waals surface area contributed by atoms with Crippen molar-refractivity contribution >= 4 is 23.3 Å².